The Bertz CT molecular complexity index is 1190. The number of benzene rings is 1. The minimum absolute atomic E-state index is 0.0485. The van der Waals surface area contributed by atoms with Gasteiger partial charge in [0.05, 0.1) is 10.9 Å². The van der Waals surface area contributed by atoms with Gasteiger partial charge in [-0.15, -0.1) is 6.42 Å². The van der Waals surface area contributed by atoms with Gasteiger partial charge in [-0.05, 0) is 37.8 Å². The van der Waals surface area contributed by atoms with Crippen LogP contribution in [0.2, 0.25) is 0 Å². The molecule has 1 fully saturated rings. The second kappa shape index (κ2) is 6.96. The number of terminal acetylenes is 1. The molecular formula is C22H20F2N4O. The highest BCUT2D eigenvalue weighted by Gasteiger charge is 2.40. The van der Waals surface area contributed by atoms with Crippen molar-refractivity contribution in [3.8, 4) is 12.3 Å². The Morgan fingerprint density at radius 3 is 2.66 bits per heavy atom. The Morgan fingerprint density at radius 2 is 2.00 bits per heavy atom. The molecule has 2 heterocycles. The highest BCUT2D eigenvalue weighted by molar-refractivity contribution is 5.88. The lowest BCUT2D eigenvalue weighted by Gasteiger charge is -2.20. The summed E-state index contributed by atoms with van der Waals surface area (Å²) in [6.45, 7) is 3.66. The molecule has 0 unspecified atom stereocenters. The summed E-state index contributed by atoms with van der Waals surface area (Å²) >= 11 is 0. The molecule has 0 aliphatic heterocycles. The molecule has 1 aliphatic carbocycles. The van der Waals surface area contributed by atoms with Crippen LogP contribution in [0.3, 0.4) is 0 Å². The van der Waals surface area contributed by atoms with E-state index in [4.69, 9.17) is 6.42 Å². The summed E-state index contributed by atoms with van der Waals surface area (Å²) in [5.74, 6) is 3.08. The van der Waals surface area contributed by atoms with Crippen LogP contribution in [0.1, 0.15) is 48.9 Å². The van der Waals surface area contributed by atoms with E-state index < -0.39 is 12.5 Å². The van der Waals surface area contributed by atoms with Crippen LogP contribution < -0.4 is 10.9 Å². The van der Waals surface area contributed by atoms with Gasteiger partial charge in [0, 0.05) is 23.4 Å². The summed E-state index contributed by atoms with van der Waals surface area (Å²) in [6, 6.07) is 5.51. The molecule has 0 radical (unpaired) electrons. The molecule has 1 saturated carbocycles. The molecule has 2 aromatic heterocycles. The maximum atomic E-state index is 13.3. The van der Waals surface area contributed by atoms with Crippen molar-refractivity contribution in [2.45, 2.75) is 44.7 Å². The number of fused-ring (bicyclic) bond motifs is 1. The molecule has 0 saturated heterocycles. The van der Waals surface area contributed by atoms with Crippen molar-refractivity contribution >= 4 is 16.7 Å². The topological polar surface area (TPSA) is 59.8 Å². The van der Waals surface area contributed by atoms with Gasteiger partial charge in [0.15, 0.2) is 0 Å². The van der Waals surface area contributed by atoms with Crippen LogP contribution in [0.15, 0.2) is 41.6 Å². The van der Waals surface area contributed by atoms with E-state index in [0.717, 1.165) is 12.8 Å². The molecule has 5 nitrogen and oxygen atoms in total. The van der Waals surface area contributed by atoms with Crippen LogP contribution in [-0.4, -0.2) is 14.5 Å². The van der Waals surface area contributed by atoms with Crippen LogP contribution in [0.25, 0.3) is 10.9 Å². The molecule has 148 valence electrons. The molecule has 4 rings (SSSR count). The van der Waals surface area contributed by atoms with Gasteiger partial charge in [-0.3, -0.25) is 4.79 Å². The van der Waals surface area contributed by atoms with E-state index in [-0.39, 0.29) is 16.7 Å². The second-order valence-electron chi connectivity index (χ2n) is 7.61. The first-order chi connectivity index (χ1) is 13.8. The van der Waals surface area contributed by atoms with Crippen molar-refractivity contribution in [3.05, 3.63) is 63.8 Å². The number of aromatic nitrogens is 3. The second-order valence-corrected chi connectivity index (χ2v) is 7.61. The number of halogens is 2. The number of alkyl halides is 2. The number of hydrogen-bond acceptors (Lipinski definition) is 4. The lowest BCUT2D eigenvalue weighted by atomic mass is 9.97. The summed E-state index contributed by atoms with van der Waals surface area (Å²) in [5.41, 5.74) is 1.18. The minimum atomic E-state index is -2.58. The van der Waals surface area contributed by atoms with E-state index in [1.54, 1.807) is 29.8 Å². The first-order valence-corrected chi connectivity index (χ1v) is 9.32. The fraction of sp³-hybridized carbons (Fsp3) is 0.318. The fourth-order valence-electron chi connectivity index (χ4n) is 3.56. The van der Waals surface area contributed by atoms with Crippen LogP contribution in [0.4, 0.5) is 14.6 Å². The van der Waals surface area contributed by atoms with E-state index in [1.165, 1.54) is 18.5 Å². The van der Waals surface area contributed by atoms with Crippen molar-refractivity contribution < 1.29 is 8.78 Å². The molecule has 0 spiro atoms. The van der Waals surface area contributed by atoms with Crippen molar-refractivity contribution in [1.29, 1.82) is 0 Å². The third-order valence-electron chi connectivity index (χ3n) is 5.64. The zero-order valence-corrected chi connectivity index (χ0v) is 16.1. The number of hydrogen-bond donors (Lipinski definition) is 1. The molecule has 29 heavy (non-hydrogen) atoms. The summed E-state index contributed by atoms with van der Waals surface area (Å²) < 4.78 is 28.3. The Hall–Kier alpha value is -3.27. The van der Waals surface area contributed by atoms with Crippen LogP contribution in [0, 0.1) is 19.3 Å². The summed E-state index contributed by atoms with van der Waals surface area (Å²) in [4.78, 5) is 20.9. The Kier molecular flexibility index (Phi) is 4.58. The van der Waals surface area contributed by atoms with E-state index in [9.17, 15) is 13.6 Å². The third kappa shape index (κ3) is 3.35. The van der Waals surface area contributed by atoms with Gasteiger partial charge in [0.2, 0.25) is 0 Å². The molecule has 1 atom stereocenters. The van der Waals surface area contributed by atoms with Gasteiger partial charge in [-0.25, -0.2) is 18.7 Å². The summed E-state index contributed by atoms with van der Waals surface area (Å²) in [5, 5.41) is 3.82. The normalized spacial score (nSPS) is 15.9. The maximum Gasteiger partial charge on any atom is 0.264 e. The average Bonchev–Trinajstić information content (AvgIpc) is 3.44. The van der Waals surface area contributed by atoms with Gasteiger partial charge < -0.3 is 9.88 Å². The minimum Gasteiger partial charge on any atom is -0.352 e. The third-order valence-corrected chi connectivity index (χ3v) is 5.64. The van der Waals surface area contributed by atoms with Crippen molar-refractivity contribution in [1.82, 2.24) is 14.5 Å². The largest absolute Gasteiger partial charge is 0.352 e. The summed E-state index contributed by atoms with van der Waals surface area (Å²) in [6.07, 6.45) is 8.11. The molecule has 0 amide bonds. The SMILES string of the molecule is C#C[C@@H](Nc1ncnc2cc(=O)n(C3(C)CC3)cc12)c1cccc(C(F)F)c1C. The van der Waals surface area contributed by atoms with Gasteiger partial charge in [-0.2, -0.15) is 0 Å². The monoisotopic (exact) mass is 394 g/mol. The number of pyridine rings is 1. The van der Waals surface area contributed by atoms with E-state index in [2.05, 4.69) is 21.2 Å². The van der Waals surface area contributed by atoms with Gasteiger partial charge in [0.25, 0.3) is 12.0 Å². The predicted molar refractivity (Wildman–Crippen MR) is 108 cm³/mol. The standard InChI is InChI=1S/C22H20F2N4O/c1-4-17(14-6-5-7-15(13(14)2)20(23)24)27-21-16-11-28(22(3)8-9-22)19(29)10-18(16)25-12-26-21/h1,5-7,10-12,17,20H,8-9H2,2-3H3,(H,25,26,27)/t17-/m1/s1. The van der Waals surface area contributed by atoms with Crippen molar-refractivity contribution in [2.24, 2.45) is 0 Å². The Balaban J connectivity index is 1.78. The number of nitrogens with zero attached hydrogens (tertiary/aromatic N) is 3. The van der Waals surface area contributed by atoms with Gasteiger partial charge >= 0.3 is 0 Å². The van der Waals surface area contributed by atoms with E-state index in [1.807, 2.05) is 6.92 Å². The molecule has 1 N–H and O–H groups in total. The van der Waals surface area contributed by atoms with E-state index >= 15 is 0 Å². The quantitative estimate of drug-likeness (QED) is 0.655. The predicted octanol–water partition coefficient (Wildman–Crippen LogP) is 4.33. The highest BCUT2D eigenvalue weighted by atomic mass is 19.3. The zero-order chi connectivity index (χ0) is 20.8. The van der Waals surface area contributed by atoms with Crippen LogP contribution in [-0.2, 0) is 5.54 Å². The molecule has 3 aromatic rings. The Labute approximate surface area is 166 Å². The van der Waals surface area contributed by atoms with Crippen molar-refractivity contribution in [2.75, 3.05) is 5.32 Å². The van der Waals surface area contributed by atoms with Gasteiger partial charge in [-0.1, -0.05) is 24.1 Å². The van der Waals surface area contributed by atoms with Gasteiger partial charge in [0.1, 0.15) is 18.2 Å². The van der Waals surface area contributed by atoms with E-state index in [0.29, 0.717) is 27.8 Å². The molecule has 0 bridgehead atoms. The molecule has 1 aromatic carbocycles. The Morgan fingerprint density at radius 1 is 1.28 bits per heavy atom. The summed E-state index contributed by atoms with van der Waals surface area (Å²) in [7, 11) is 0. The lowest BCUT2D eigenvalue weighted by Crippen LogP contribution is -2.27. The van der Waals surface area contributed by atoms with Crippen LogP contribution in [0.5, 0.6) is 0 Å². The maximum absolute atomic E-state index is 13.3. The number of nitrogens with one attached hydrogen (secondary N) is 1. The number of anilines is 1. The zero-order valence-electron chi connectivity index (χ0n) is 16.1. The van der Waals surface area contributed by atoms with Crippen LogP contribution >= 0.6 is 0 Å². The average molecular weight is 394 g/mol. The fourth-order valence-corrected chi connectivity index (χ4v) is 3.56. The first-order valence-electron chi connectivity index (χ1n) is 9.32. The van der Waals surface area contributed by atoms with Crippen molar-refractivity contribution in [3.63, 3.8) is 0 Å². The highest BCUT2D eigenvalue weighted by Crippen LogP contribution is 2.42. The molecular weight excluding hydrogens is 374 g/mol. The lowest BCUT2D eigenvalue weighted by molar-refractivity contribution is 0.150. The number of rotatable bonds is 5. The molecule has 7 heteroatoms. The first kappa shape index (κ1) is 19.1. The smallest absolute Gasteiger partial charge is 0.264 e. The molecule has 1 aliphatic rings.